The fourth-order valence-corrected chi connectivity index (χ4v) is 4.74. The van der Waals surface area contributed by atoms with Crippen LogP contribution in [0.4, 0.5) is 14.5 Å². The lowest BCUT2D eigenvalue weighted by Gasteiger charge is -2.12. The van der Waals surface area contributed by atoms with Gasteiger partial charge in [-0.05, 0) is 38.0 Å². The molecule has 0 bridgehead atoms. The number of unbranched alkanes of at least 4 members (excludes halogenated alkanes) is 1. The van der Waals surface area contributed by atoms with Crippen LogP contribution in [0.3, 0.4) is 0 Å². The van der Waals surface area contributed by atoms with Crippen molar-refractivity contribution < 1.29 is 13.6 Å². The van der Waals surface area contributed by atoms with E-state index in [1.165, 1.54) is 11.3 Å². The summed E-state index contributed by atoms with van der Waals surface area (Å²) < 4.78 is 28.6. The second-order valence-electron chi connectivity index (χ2n) is 6.63. The van der Waals surface area contributed by atoms with Gasteiger partial charge in [0, 0.05) is 17.5 Å². The van der Waals surface area contributed by atoms with Crippen molar-refractivity contribution in [1.82, 2.24) is 9.55 Å². The number of nitrogens with zero attached hydrogens (tertiary/aromatic N) is 2. The van der Waals surface area contributed by atoms with E-state index in [9.17, 15) is 18.4 Å². The maximum Gasteiger partial charge on any atom is 0.263 e. The number of benzene rings is 1. The van der Waals surface area contributed by atoms with Crippen LogP contribution in [-0.2, 0) is 11.3 Å². The Morgan fingerprint density at radius 1 is 1.31 bits per heavy atom. The average Bonchev–Trinajstić information content (AvgIpc) is 2.96. The standard InChI is InChI=1S/C20H21F2N3O2S2/c1-4-5-8-25-19(27)17-11(2)12(3)29-18(17)24-20(25)28-10-16(26)23-15-9-13(21)6-7-14(15)22/h6-7,9H,4-5,8,10H2,1-3H3,(H,23,26). The van der Waals surface area contributed by atoms with Crippen molar-refractivity contribution in [3.63, 3.8) is 0 Å². The molecule has 3 rings (SSSR count). The molecule has 2 heterocycles. The van der Waals surface area contributed by atoms with Crippen molar-refractivity contribution in [1.29, 1.82) is 0 Å². The van der Waals surface area contributed by atoms with E-state index in [1.54, 1.807) is 4.57 Å². The van der Waals surface area contributed by atoms with Crippen LogP contribution < -0.4 is 10.9 Å². The number of halogens is 2. The molecule has 0 unspecified atom stereocenters. The Labute approximate surface area is 175 Å². The Morgan fingerprint density at radius 2 is 2.07 bits per heavy atom. The smallest absolute Gasteiger partial charge is 0.263 e. The van der Waals surface area contributed by atoms with Gasteiger partial charge in [-0.25, -0.2) is 13.8 Å². The molecule has 5 nitrogen and oxygen atoms in total. The molecule has 3 aromatic rings. The maximum atomic E-state index is 13.7. The summed E-state index contributed by atoms with van der Waals surface area (Å²) in [5.74, 6) is -1.94. The van der Waals surface area contributed by atoms with Gasteiger partial charge < -0.3 is 5.32 Å². The molecule has 0 saturated heterocycles. The predicted octanol–water partition coefficient (Wildman–Crippen LogP) is 4.88. The first-order chi connectivity index (χ1) is 13.8. The molecule has 0 aliphatic heterocycles. The molecule has 1 N–H and O–H groups in total. The molecule has 0 aliphatic rings. The van der Waals surface area contributed by atoms with Gasteiger partial charge in [-0.2, -0.15) is 0 Å². The third-order valence-corrected chi connectivity index (χ3v) is 6.60. The molecular weight excluding hydrogens is 416 g/mol. The summed E-state index contributed by atoms with van der Waals surface area (Å²) in [7, 11) is 0. The fraction of sp³-hybridized carbons (Fsp3) is 0.350. The maximum absolute atomic E-state index is 13.7. The summed E-state index contributed by atoms with van der Waals surface area (Å²) in [5.41, 5.74) is 0.611. The third-order valence-electron chi connectivity index (χ3n) is 4.52. The van der Waals surface area contributed by atoms with Crippen molar-refractivity contribution in [3.05, 3.63) is 50.6 Å². The van der Waals surface area contributed by atoms with Gasteiger partial charge in [-0.3, -0.25) is 14.2 Å². The van der Waals surface area contributed by atoms with Crippen LogP contribution in [0, 0.1) is 25.5 Å². The molecule has 1 aromatic carbocycles. The molecule has 0 radical (unpaired) electrons. The lowest BCUT2D eigenvalue weighted by molar-refractivity contribution is -0.113. The highest BCUT2D eigenvalue weighted by Crippen LogP contribution is 2.28. The van der Waals surface area contributed by atoms with Crippen LogP contribution in [0.1, 0.15) is 30.2 Å². The van der Waals surface area contributed by atoms with Crippen LogP contribution in [0.5, 0.6) is 0 Å². The zero-order valence-electron chi connectivity index (χ0n) is 16.3. The highest BCUT2D eigenvalue weighted by atomic mass is 32.2. The molecule has 154 valence electrons. The van der Waals surface area contributed by atoms with Gasteiger partial charge in [0.15, 0.2) is 5.16 Å². The summed E-state index contributed by atoms with van der Waals surface area (Å²) in [6.45, 7) is 6.40. The van der Waals surface area contributed by atoms with Crippen molar-refractivity contribution in [3.8, 4) is 0 Å². The highest BCUT2D eigenvalue weighted by molar-refractivity contribution is 7.99. The van der Waals surface area contributed by atoms with Crippen LogP contribution in [-0.4, -0.2) is 21.2 Å². The predicted molar refractivity (Wildman–Crippen MR) is 114 cm³/mol. The number of nitrogens with one attached hydrogen (secondary N) is 1. The van der Waals surface area contributed by atoms with E-state index < -0.39 is 17.5 Å². The number of aromatic nitrogens is 2. The van der Waals surface area contributed by atoms with E-state index in [0.717, 1.165) is 53.2 Å². The summed E-state index contributed by atoms with van der Waals surface area (Å²) in [4.78, 5) is 31.6. The molecular formula is C20H21F2N3O2S2. The summed E-state index contributed by atoms with van der Waals surface area (Å²) in [6.07, 6.45) is 1.72. The first kappa shape index (κ1) is 21.4. The zero-order chi connectivity index (χ0) is 21.1. The lowest BCUT2D eigenvalue weighted by Crippen LogP contribution is -2.24. The van der Waals surface area contributed by atoms with Crippen molar-refractivity contribution >= 4 is 44.9 Å². The number of hydrogen-bond donors (Lipinski definition) is 1. The lowest BCUT2D eigenvalue weighted by atomic mass is 10.2. The SMILES string of the molecule is CCCCn1c(SCC(=O)Nc2cc(F)ccc2F)nc2sc(C)c(C)c2c1=O. The summed E-state index contributed by atoms with van der Waals surface area (Å²) in [6, 6.07) is 2.87. The monoisotopic (exact) mass is 437 g/mol. The normalized spacial score (nSPS) is 11.2. The van der Waals surface area contributed by atoms with E-state index >= 15 is 0 Å². The van der Waals surface area contributed by atoms with Crippen molar-refractivity contribution in [2.75, 3.05) is 11.1 Å². The van der Waals surface area contributed by atoms with Gasteiger partial charge in [0.1, 0.15) is 16.5 Å². The first-order valence-electron chi connectivity index (χ1n) is 9.20. The minimum absolute atomic E-state index is 0.0800. The Hall–Kier alpha value is -2.26. The number of aryl methyl sites for hydroxylation is 2. The largest absolute Gasteiger partial charge is 0.323 e. The molecule has 2 aromatic heterocycles. The van der Waals surface area contributed by atoms with E-state index in [4.69, 9.17) is 0 Å². The topological polar surface area (TPSA) is 64.0 Å². The number of thiophene rings is 1. The van der Waals surface area contributed by atoms with Gasteiger partial charge in [0.25, 0.3) is 5.56 Å². The highest BCUT2D eigenvalue weighted by Gasteiger charge is 2.18. The Balaban J connectivity index is 1.85. The fourth-order valence-electron chi connectivity index (χ4n) is 2.84. The van der Waals surface area contributed by atoms with Gasteiger partial charge in [-0.15, -0.1) is 11.3 Å². The molecule has 0 saturated carbocycles. The molecule has 0 spiro atoms. The number of carbonyl (C=O) groups excluding carboxylic acids is 1. The van der Waals surface area contributed by atoms with Crippen LogP contribution >= 0.6 is 23.1 Å². The van der Waals surface area contributed by atoms with Crippen molar-refractivity contribution in [2.24, 2.45) is 0 Å². The number of hydrogen-bond acceptors (Lipinski definition) is 5. The Kier molecular flexibility index (Phi) is 6.69. The van der Waals surface area contributed by atoms with Gasteiger partial charge >= 0.3 is 0 Å². The minimum atomic E-state index is -0.714. The second-order valence-corrected chi connectivity index (χ2v) is 8.77. The van der Waals surface area contributed by atoms with Gasteiger partial charge in [-0.1, -0.05) is 25.1 Å². The minimum Gasteiger partial charge on any atom is -0.323 e. The quantitative estimate of drug-likeness (QED) is 0.423. The second kappa shape index (κ2) is 9.04. The summed E-state index contributed by atoms with van der Waals surface area (Å²) in [5, 5.41) is 3.44. The Bertz CT molecular complexity index is 1130. The molecule has 0 atom stereocenters. The van der Waals surface area contributed by atoms with E-state index in [1.807, 2.05) is 20.8 Å². The van der Waals surface area contributed by atoms with Gasteiger partial charge in [0.2, 0.25) is 5.91 Å². The number of anilines is 1. The molecule has 1 amide bonds. The van der Waals surface area contributed by atoms with Gasteiger partial charge in [0.05, 0.1) is 16.8 Å². The number of carbonyl (C=O) groups is 1. The molecule has 0 fully saturated rings. The average molecular weight is 438 g/mol. The summed E-state index contributed by atoms with van der Waals surface area (Å²) >= 11 is 2.56. The number of rotatable bonds is 7. The first-order valence-corrected chi connectivity index (χ1v) is 11.0. The molecule has 29 heavy (non-hydrogen) atoms. The van der Waals surface area contributed by atoms with Crippen molar-refractivity contribution in [2.45, 2.75) is 45.3 Å². The molecule has 9 heteroatoms. The van der Waals surface area contributed by atoms with E-state index in [-0.39, 0.29) is 17.0 Å². The molecule has 0 aliphatic carbocycles. The number of fused-ring (bicyclic) bond motifs is 1. The van der Waals surface area contributed by atoms with Crippen LogP contribution in [0.25, 0.3) is 10.2 Å². The third kappa shape index (κ3) is 4.67. The number of amides is 1. The van der Waals surface area contributed by atoms with E-state index in [2.05, 4.69) is 10.3 Å². The number of thioether (sulfide) groups is 1. The van der Waals surface area contributed by atoms with E-state index in [0.29, 0.717) is 21.9 Å². The van der Waals surface area contributed by atoms with Crippen LogP contribution in [0.2, 0.25) is 0 Å². The van der Waals surface area contributed by atoms with Crippen LogP contribution in [0.15, 0.2) is 28.2 Å². The zero-order valence-corrected chi connectivity index (χ0v) is 18.0. The Morgan fingerprint density at radius 3 is 2.79 bits per heavy atom.